The van der Waals surface area contributed by atoms with Crippen molar-refractivity contribution in [3.8, 4) is 11.5 Å². The van der Waals surface area contributed by atoms with Crippen molar-refractivity contribution >= 4 is 34.6 Å². The van der Waals surface area contributed by atoms with Crippen LogP contribution in [-0.2, 0) is 6.54 Å². The summed E-state index contributed by atoms with van der Waals surface area (Å²) in [4.78, 5) is 31.5. The number of ether oxygens (including phenoxy) is 2. The van der Waals surface area contributed by atoms with Crippen LogP contribution in [0, 0.1) is 4.77 Å². The molecule has 1 N–H and O–H groups in total. The first-order chi connectivity index (χ1) is 19.0. The van der Waals surface area contributed by atoms with E-state index in [0.29, 0.717) is 59.0 Å². The Morgan fingerprint density at radius 2 is 1.67 bits per heavy atom. The highest BCUT2D eigenvalue weighted by molar-refractivity contribution is 7.71. The van der Waals surface area contributed by atoms with Crippen LogP contribution >= 0.6 is 12.2 Å². The lowest BCUT2D eigenvalue weighted by atomic mass is 9.99. The molecule has 1 aliphatic heterocycles. The highest BCUT2D eigenvalue weighted by Crippen LogP contribution is 2.31. The van der Waals surface area contributed by atoms with E-state index in [1.54, 1.807) is 12.1 Å². The van der Waals surface area contributed by atoms with Gasteiger partial charge in [-0.3, -0.25) is 14.2 Å². The maximum absolute atomic E-state index is 13.4. The lowest BCUT2D eigenvalue weighted by Crippen LogP contribution is -2.34. The SMILES string of the molecule is CCOc1cc2[nH]c(=S)n(Cc3ccc(C(=O)N4CC=C(c5ccccc5)CC4)cc3)c(=O)c2cc1OCC. The average Bonchev–Trinajstić information content (AvgIpc) is 2.97. The van der Waals surface area contributed by atoms with Crippen LogP contribution in [0.25, 0.3) is 16.5 Å². The number of hydrogen-bond acceptors (Lipinski definition) is 5. The zero-order valence-corrected chi connectivity index (χ0v) is 22.9. The summed E-state index contributed by atoms with van der Waals surface area (Å²) in [5.74, 6) is 1.08. The predicted molar refractivity (Wildman–Crippen MR) is 156 cm³/mol. The number of hydrogen-bond donors (Lipinski definition) is 1. The van der Waals surface area contributed by atoms with Crippen LogP contribution in [0.15, 0.2) is 77.6 Å². The minimum absolute atomic E-state index is 0.00127. The van der Waals surface area contributed by atoms with Crippen LogP contribution in [-0.4, -0.2) is 46.7 Å². The number of rotatable bonds is 8. The molecule has 39 heavy (non-hydrogen) atoms. The van der Waals surface area contributed by atoms with Gasteiger partial charge in [0.2, 0.25) is 0 Å². The molecule has 7 nitrogen and oxygen atoms in total. The molecule has 8 heteroatoms. The second-order valence-corrected chi connectivity index (χ2v) is 9.71. The van der Waals surface area contributed by atoms with Crippen molar-refractivity contribution in [2.24, 2.45) is 0 Å². The Labute approximate surface area is 232 Å². The average molecular weight is 542 g/mol. The lowest BCUT2D eigenvalue weighted by Gasteiger charge is -2.27. The normalized spacial score (nSPS) is 13.3. The second kappa shape index (κ2) is 11.7. The molecule has 3 aromatic carbocycles. The van der Waals surface area contributed by atoms with E-state index in [4.69, 9.17) is 21.7 Å². The van der Waals surface area contributed by atoms with Crippen LogP contribution in [0.5, 0.6) is 11.5 Å². The largest absolute Gasteiger partial charge is 0.490 e. The molecule has 5 rings (SSSR count). The van der Waals surface area contributed by atoms with Crippen LogP contribution in [0.1, 0.15) is 41.8 Å². The zero-order chi connectivity index (χ0) is 27.4. The predicted octanol–water partition coefficient (Wildman–Crippen LogP) is 5.83. The molecule has 0 atom stereocenters. The molecule has 0 unspecified atom stereocenters. The molecule has 0 aliphatic carbocycles. The Morgan fingerprint density at radius 3 is 2.31 bits per heavy atom. The minimum Gasteiger partial charge on any atom is -0.490 e. The van der Waals surface area contributed by atoms with Crippen molar-refractivity contribution in [2.45, 2.75) is 26.8 Å². The Bertz CT molecular complexity index is 1640. The van der Waals surface area contributed by atoms with E-state index >= 15 is 0 Å². The summed E-state index contributed by atoms with van der Waals surface area (Å²) in [6, 6.07) is 21.1. The van der Waals surface area contributed by atoms with E-state index < -0.39 is 0 Å². The maximum atomic E-state index is 13.4. The molecule has 0 saturated carbocycles. The summed E-state index contributed by atoms with van der Waals surface area (Å²) in [6.45, 7) is 6.25. The molecule has 0 saturated heterocycles. The quantitative estimate of drug-likeness (QED) is 0.284. The second-order valence-electron chi connectivity index (χ2n) is 9.33. The van der Waals surface area contributed by atoms with Crippen molar-refractivity contribution < 1.29 is 14.3 Å². The molecule has 2 heterocycles. The third-order valence-corrected chi connectivity index (χ3v) is 7.15. The van der Waals surface area contributed by atoms with Gasteiger partial charge in [-0.25, -0.2) is 0 Å². The monoisotopic (exact) mass is 541 g/mol. The van der Waals surface area contributed by atoms with Crippen molar-refractivity contribution in [1.82, 2.24) is 14.5 Å². The Kier molecular flexibility index (Phi) is 7.93. The van der Waals surface area contributed by atoms with Gasteiger partial charge < -0.3 is 19.4 Å². The molecule has 1 aromatic heterocycles. The van der Waals surface area contributed by atoms with E-state index in [2.05, 4.69) is 23.2 Å². The number of nitrogens with zero attached hydrogens (tertiary/aromatic N) is 2. The van der Waals surface area contributed by atoms with Gasteiger partial charge >= 0.3 is 0 Å². The zero-order valence-electron chi connectivity index (χ0n) is 22.1. The number of H-pyrrole nitrogens is 1. The summed E-state index contributed by atoms with van der Waals surface area (Å²) in [6.07, 6.45) is 2.96. The highest BCUT2D eigenvalue weighted by atomic mass is 32.1. The summed E-state index contributed by atoms with van der Waals surface area (Å²) in [5, 5.41) is 0.468. The van der Waals surface area contributed by atoms with Crippen molar-refractivity contribution in [3.05, 3.63) is 105 Å². The number of aromatic nitrogens is 2. The molecular weight excluding hydrogens is 510 g/mol. The van der Waals surface area contributed by atoms with Gasteiger partial charge in [0.1, 0.15) is 0 Å². The Morgan fingerprint density at radius 1 is 0.974 bits per heavy atom. The van der Waals surface area contributed by atoms with Gasteiger partial charge in [-0.1, -0.05) is 48.5 Å². The van der Waals surface area contributed by atoms with E-state index in [9.17, 15) is 9.59 Å². The van der Waals surface area contributed by atoms with Crippen LogP contribution in [0.4, 0.5) is 0 Å². The number of carbonyl (C=O) groups is 1. The molecule has 0 radical (unpaired) electrons. The number of benzene rings is 3. The van der Waals surface area contributed by atoms with E-state index in [-0.39, 0.29) is 18.0 Å². The van der Waals surface area contributed by atoms with Gasteiger partial charge in [0.05, 0.1) is 30.7 Å². The minimum atomic E-state index is -0.216. The van der Waals surface area contributed by atoms with E-state index in [0.717, 1.165) is 12.0 Å². The molecule has 0 bridgehead atoms. The maximum Gasteiger partial charge on any atom is 0.262 e. The number of amides is 1. The van der Waals surface area contributed by atoms with Crippen molar-refractivity contribution in [3.63, 3.8) is 0 Å². The molecule has 1 amide bonds. The molecule has 4 aromatic rings. The molecule has 200 valence electrons. The number of nitrogens with one attached hydrogen (secondary N) is 1. The van der Waals surface area contributed by atoms with Gasteiger partial charge in [-0.05, 0) is 67.4 Å². The summed E-state index contributed by atoms with van der Waals surface area (Å²) >= 11 is 5.52. The topological polar surface area (TPSA) is 76.6 Å². The lowest BCUT2D eigenvalue weighted by molar-refractivity contribution is 0.0773. The van der Waals surface area contributed by atoms with Crippen LogP contribution in [0.2, 0.25) is 0 Å². The fourth-order valence-corrected chi connectivity index (χ4v) is 5.08. The smallest absolute Gasteiger partial charge is 0.262 e. The summed E-state index contributed by atoms with van der Waals surface area (Å²) in [5.41, 5.74) is 4.35. The highest BCUT2D eigenvalue weighted by Gasteiger charge is 2.19. The molecular formula is C31H31N3O4S. The molecule has 0 fully saturated rings. The van der Waals surface area contributed by atoms with Crippen molar-refractivity contribution in [2.75, 3.05) is 26.3 Å². The first-order valence-corrected chi connectivity index (χ1v) is 13.6. The van der Waals surface area contributed by atoms with Gasteiger partial charge in [0.15, 0.2) is 16.3 Å². The molecule has 1 aliphatic rings. The van der Waals surface area contributed by atoms with Gasteiger partial charge in [0, 0.05) is 24.7 Å². The third-order valence-electron chi connectivity index (χ3n) is 6.83. The Hall–Kier alpha value is -4.17. The van der Waals surface area contributed by atoms with Crippen molar-refractivity contribution in [1.29, 1.82) is 0 Å². The first-order valence-electron chi connectivity index (χ1n) is 13.2. The van der Waals surface area contributed by atoms with Gasteiger partial charge in [-0.15, -0.1) is 0 Å². The fourth-order valence-electron chi connectivity index (χ4n) is 4.83. The standard InChI is InChI=1S/C31H31N3O4S/c1-3-37-27-18-25-26(19-28(27)38-4-2)32-31(39)34(30(25)36)20-21-10-12-24(13-11-21)29(35)33-16-14-23(15-17-33)22-8-6-5-7-9-22/h5-14,18-19H,3-4,15-17,20H2,1-2H3,(H,32,39). The van der Waals surface area contributed by atoms with E-state index in [1.807, 2.05) is 61.2 Å². The third kappa shape index (κ3) is 5.66. The number of aromatic amines is 1. The fraction of sp³-hybridized carbons (Fsp3) is 0.258. The number of fused-ring (bicyclic) bond motifs is 1. The van der Waals surface area contributed by atoms with E-state index in [1.165, 1.54) is 15.7 Å². The Balaban J connectivity index is 1.34. The first kappa shape index (κ1) is 26.4. The number of carbonyl (C=O) groups excluding carboxylic acids is 1. The summed E-state index contributed by atoms with van der Waals surface area (Å²) in [7, 11) is 0. The van der Waals surface area contributed by atoms with Crippen LogP contribution < -0.4 is 15.0 Å². The van der Waals surface area contributed by atoms with Gasteiger partial charge in [0.25, 0.3) is 11.5 Å². The summed E-state index contributed by atoms with van der Waals surface area (Å²) < 4.78 is 13.2. The van der Waals surface area contributed by atoms with Gasteiger partial charge in [-0.2, -0.15) is 0 Å². The molecule has 0 spiro atoms. The van der Waals surface area contributed by atoms with Crippen LogP contribution in [0.3, 0.4) is 0 Å².